The van der Waals surface area contributed by atoms with Crippen molar-refractivity contribution in [1.29, 1.82) is 0 Å². The predicted octanol–water partition coefficient (Wildman–Crippen LogP) is 0.937. The average molecular weight is 304 g/mol. The highest BCUT2D eigenvalue weighted by Gasteiger charge is 2.24. The number of nitrogens with zero attached hydrogens (tertiary/aromatic N) is 5. The minimum absolute atomic E-state index is 0.0709. The summed E-state index contributed by atoms with van der Waals surface area (Å²) in [6.07, 6.45) is 4.91. The number of amides is 1. The van der Waals surface area contributed by atoms with Gasteiger partial charge in [-0.2, -0.15) is 0 Å². The highest BCUT2D eigenvalue weighted by atomic mass is 32.1. The van der Waals surface area contributed by atoms with Gasteiger partial charge in [-0.1, -0.05) is 0 Å². The van der Waals surface area contributed by atoms with Crippen LogP contribution in [0.4, 0.5) is 10.9 Å². The van der Waals surface area contributed by atoms with Crippen LogP contribution < -0.4 is 10.2 Å². The molecule has 0 radical (unpaired) electrons. The first-order valence-electron chi connectivity index (χ1n) is 6.71. The molecule has 7 nitrogen and oxygen atoms in total. The zero-order chi connectivity index (χ0) is 14.7. The summed E-state index contributed by atoms with van der Waals surface area (Å²) < 4.78 is 0. The number of anilines is 2. The first-order chi connectivity index (χ1) is 10.3. The fourth-order valence-corrected chi connectivity index (χ4v) is 2.92. The molecule has 8 heteroatoms. The van der Waals surface area contributed by atoms with Gasteiger partial charge in [-0.15, -0.1) is 11.3 Å². The predicted molar refractivity (Wildman–Crippen MR) is 81.8 cm³/mol. The van der Waals surface area contributed by atoms with Crippen molar-refractivity contribution in [1.82, 2.24) is 19.9 Å². The van der Waals surface area contributed by atoms with Gasteiger partial charge in [-0.05, 0) is 0 Å². The van der Waals surface area contributed by atoms with Gasteiger partial charge in [0.25, 0.3) is 5.91 Å². The number of piperazine rings is 1. The second kappa shape index (κ2) is 6.04. The summed E-state index contributed by atoms with van der Waals surface area (Å²) in [5.41, 5.74) is 0.379. The van der Waals surface area contributed by atoms with Crippen LogP contribution in [0.15, 0.2) is 24.0 Å². The van der Waals surface area contributed by atoms with Crippen molar-refractivity contribution < 1.29 is 4.79 Å². The Balaban J connectivity index is 1.64. The molecule has 1 aliphatic rings. The van der Waals surface area contributed by atoms with E-state index < -0.39 is 0 Å². The van der Waals surface area contributed by atoms with Crippen molar-refractivity contribution in [3.63, 3.8) is 0 Å². The Morgan fingerprint density at radius 3 is 2.76 bits per heavy atom. The first-order valence-corrected chi connectivity index (χ1v) is 7.59. The first kappa shape index (κ1) is 13.7. The van der Waals surface area contributed by atoms with E-state index in [1.807, 2.05) is 10.3 Å². The number of nitrogens with one attached hydrogen (secondary N) is 1. The van der Waals surface area contributed by atoms with Crippen molar-refractivity contribution in [3.8, 4) is 0 Å². The number of hydrogen-bond acceptors (Lipinski definition) is 7. The van der Waals surface area contributed by atoms with E-state index in [2.05, 4.69) is 25.2 Å². The van der Waals surface area contributed by atoms with E-state index in [0.29, 0.717) is 24.6 Å². The summed E-state index contributed by atoms with van der Waals surface area (Å²) in [4.78, 5) is 29.0. The lowest BCUT2D eigenvalue weighted by atomic mass is 10.3. The maximum absolute atomic E-state index is 12.4. The Morgan fingerprint density at radius 1 is 1.29 bits per heavy atom. The lowest BCUT2D eigenvalue weighted by Gasteiger charge is -2.34. The van der Waals surface area contributed by atoms with Crippen LogP contribution in [0.25, 0.3) is 0 Å². The molecule has 0 atom stereocenters. The van der Waals surface area contributed by atoms with Crippen LogP contribution in [0.5, 0.6) is 0 Å². The molecule has 1 aliphatic heterocycles. The van der Waals surface area contributed by atoms with Gasteiger partial charge in [0.2, 0.25) is 0 Å². The van der Waals surface area contributed by atoms with Crippen LogP contribution in [0.2, 0.25) is 0 Å². The Hall–Kier alpha value is -2.22. The average Bonchev–Trinajstić information content (AvgIpc) is 3.09. The number of rotatable bonds is 3. The Bertz CT molecular complexity index is 609. The van der Waals surface area contributed by atoms with Gasteiger partial charge in [0, 0.05) is 44.8 Å². The fourth-order valence-electron chi connectivity index (χ4n) is 2.22. The summed E-state index contributed by atoms with van der Waals surface area (Å²) >= 11 is 1.62. The molecule has 2 aromatic heterocycles. The molecule has 0 aliphatic carbocycles. The largest absolute Gasteiger partial charge is 0.372 e. The van der Waals surface area contributed by atoms with Crippen LogP contribution in [-0.2, 0) is 0 Å². The third-order valence-corrected chi connectivity index (χ3v) is 4.20. The molecule has 3 rings (SSSR count). The van der Waals surface area contributed by atoms with E-state index in [-0.39, 0.29) is 5.91 Å². The number of carbonyl (C=O) groups excluding carboxylic acids is 1. The molecule has 1 fully saturated rings. The zero-order valence-electron chi connectivity index (χ0n) is 11.7. The zero-order valence-corrected chi connectivity index (χ0v) is 12.5. The maximum atomic E-state index is 12.4. The highest BCUT2D eigenvalue weighted by molar-refractivity contribution is 7.13. The minimum atomic E-state index is -0.0709. The van der Waals surface area contributed by atoms with Crippen LogP contribution in [-0.4, -0.2) is 59.0 Å². The van der Waals surface area contributed by atoms with Crippen LogP contribution in [0.1, 0.15) is 10.5 Å². The van der Waals surface area contributed by atoms with E-state index in [4.69, 9.17) is 0 Å². The van der Waals surface area contributed by atoms with Gasteiger partial charge in [-0.3, -0.25) is 9.78 Å². The van der Waals surface area contributed by atoms with Crippen molar-refractivity contribution >= 4 is 28.2 Å². The summed E-state index contributed by atoms with van der Waals surface area (Å²) in [7, 11) is 1.76. The van der Waals surface area contributed by atoms with Gasteiger partial charge < -0.3 is 15.1 Å². The van der Waals surface area contributed by atoms with Crippen molar-refractivity contribution in [2.24, 2.45) is 0 Å². The van der Waals surface area contributed by atoms with E-state index in [1.54, 1.807) is 30.8 Å². The van der Waals surface area contributed by atoms with Gasteiger partial charge in [0.05, 0.1) is 12.4 Å². The molecule has 21 heavy (non-hydrogen) atoms. The van der Waals surface area contributed by atoms with Crippen molar-refractivity contribution in [3.05, 3.63) is 29.7 Å². The van der Waals surface area contributed by atoms with Crippen molar-refractivity contribution in [2.75, 3.05) is 43.4 Å². The van der Waals surface area contributed by atoms with Crippen LogP contribution in [0, 0.1) is 0 Å². The monoisotopic (exact) mass is 304 g/mol. The normalized spacial score (nSPS) is 15.1. The second-order valence-electron chi connectivity index (χ2n) is 4.63. The Kier molecular flexibility index (Phi) is 3.96. The highest BCUT2D eigenvalue weighted by Crippen LogP contribution is 2.19. The lowest BCUT2D eigenvalue weighted by molar-refractivity contribution is 0.0740. The Labute approximate surface area is 126 Å². The quantitative estimate of drug-likeness (QED) is 0.909. The van der Waals surface area contributed by atoms with Gasteiger partial charge >= 0.3 is 0 Å². The number of carbonyl (C=O) groups is 1. The molecule has 0 spiro atoms. The van der Waals surface area contributed by atoms with Crippen molar-refractivity contribution in [2.45, 2.75) is 0 Å². The molecule has 2 aromatic rings. The van der Waals surface area contributed by atoms with Crippen LogP contribution in [0.3, 0.4) is 0 Å². The van der Waals surface area contributed by atoms with E-state index in [0.717, 1.165) is 18.2 Å². The topological polar surface area (TPSA) is 74.2 Å². The van der Waals surface area contributed by atoms with Gasteiger partial charge in [0.15, 0.2) is 5.13 Å². The third kappa shape index (κ3) is 2.94. The SMILES string of the molecule is CNc1cncc(C(=O)N2CCN(c3nccs3)CC2)n1. The minimum Gasteiger partial charge on any atom is -0.372 e. The second-order valence-corrected chi connectivity index (χ2v) is 5.51. The number of thiazole rings is 1. The van der Waals surface area contributed by atoms with Gasteiger partial charge in [-0.25, -0.2) is 9.97 Å². The third-order valence-electron chi connectivity index (χ3n) is 3.37. The standard InChI is InChI=1S/C13H16N6OS/c1-14-11-9-15-8-10(17-11)12(20)18-3-5-19(6-4-18)13-16-2-7-21-13/h2,7-9H,3-6H2,1H3,(H,14,17). The van der Waals surface area contributed by atoms with E-state index >= 15 is 0 Å². The molecule has 0 saturated carbocycles. The molecule has 110 valence electrons. The van der Waals surface area contributed by atoms with E-state index in [1.165, 1.54) is 6.20 Å². The van der Waals surface area contributed by atoms with Gasteiger partial charge in [0.1, 0.15) is 11.5 Å². The molecule has 3 heterocycles. The molecule has 1 N–H and O–H groups in total. The number of hydrogen-bond donors (Lipinski definition) is 1. The summed E-state index contributed by atoms with van der Waals surface area (Å²) in [5, 5.41) is 5.87. The summed E-state index contributed by atoms with van der Waals surface area (Å²) in [6.45, 7) is 2.92. The molecule has 1 amide bonds. The van der Waals surface area contributed by atoms with E-state index in [9.17, 15) is 4.79 Å². The smallest absolute Gasteiger partial charge is 0.274 e. The molecule has 0 unspecified atom stereocenters. The summed E-state index contributed by atoms with van der Waals surface area (Å²) in [6, 6.07) is 0. The molecule has 0 bridgehead atoms. The number of aromatic nitrogens is 3. The molecular weight excluding hydrogens is 288 g/mol. The lowest BCUT2D eigenvalue weighted by Crippen LogP contribution is -2.49. The van der Waals surface area contributed by atoms with Crippen LogP contribution >= 0.6 is 11.3 Å². The summed E-state index contributed by atoms with van der Waals surface area (Å²) in [5.74, 6) is 0.528. The molecular formula is C13H16N6OS. The maximum Gasteiger partial charge on any atom is 0.274 e. The molecule has 0 aromatic carbocycles. The molecule has 1 saturated heterocycles. The fraction of sp³-hybridized carbons (Fsp3) is 0.385. The Morgan fingerprint density at radius 2 is 2.10 bits per heavy atom.